The summed E-state index contributed by atoms with van der Waals surface area (Å²) >= 11 is 0. The Labute approximate surface area is 140 Å². The van der Waals surface area contributed by atoms with Crippen molar-refractivity contribution < 1.29 is 0 Å². The van der Waals surface area contributed by atoms with Crippen molar-refractivity contribution >= 4 is 5.71 Å². The quantitative estimate of drug-likeness (QED) is 0.812. The normalized spacial score (nSPS) is 22.0. The third-order valence-corrected chi connectivity index (χ3v) is 4.86. The molecule has 1 aliphatic heterocycles. The van der Waals surface area contributed by atoms with E-state index in [1.807, 2.05) is 12.3 Å². The predicted octanol–water partition coefficient (Wildman–Crippen LogP) is 4.94. The number of hydrogen-bond donors (Lipinski definition) is 2. The van der Waals surface area contributed by atoms with Crippen LogP contribution in [-0.4, -0.2) is 16.7 Å². The predicted molar refractivity (Wildman–Crippen MR) is 97.6 cm³/mol. The highest BCUT2D eigenvalue weighted by molar-refractivity contribution is 6.14. The minimum atomic E-state index is 0.476. The maximum atomic E-state index is 4.85. The summed E-state index contributed by atoms with van der Waals surface area (Å²) in [5.41, 5.74) is 4.58. The molecule has 1 aliphatic carbocycles. The number of rotatable bonds is 4. The molecule has 124 valence electrons. The number of aromatic nitrogens is 1. The van der Waals surface area contributed by atoms with Crippen LogP contribution in [0.5, 0.6) is 0 Å². The molecule has 0 radical (unpaired) electrons. The first-order chi connectivity index (χ1) is 11.2. The van der Waals surface area contributed by atoms with Gasteiger partial charge in [-0.3, -0.25) is 0 Å². The SMILES string of the molecule is CC(C)C1=C/C(=C\NC2CCCCCCC2)N=C1c1ccc[nH]1. The van der Waals surface area contributed by atoms with Gasteiger partial charge in [0.05, 0.1) is 17.1 Å². The molecule has 0 aromatic carbocycles. The lowest BCUT2D eigenvalue weighted by molar-refractivity contribution is 0.419. The van der Waals surface area contributed by atoms with Crippen molar-refractivity contribution in [1.82, 2.24) is 10.3 Å². The molecule has 1 fully saturated rings. The van der Waals surface area contributed by atoms with Gasteiger partial charge in [0.1, 0.15) is 0 Å². The van der Waals surface area contributed by atoms with E-state index >= 15 is 0 Å². The van der Waals surface area contributed by atoms with Gasteiger partial charge in [-0.2, -0.15) is 0 Å². The molecule has 2 heterocycles. The fourth-order valence-electron chi connectivity index (χ4n) is 3.49. The van der Waals surface area contributed by atoms with Crippen molar-refractivity contribution in [3.63, 3.8) is 0 Å². The molecule has 1 saturated carbocycles. The van der Waals surface area contributed by atoms with Gasteiger partial charge in [-0.05, 0) is 42.5 Å². The topological polar surface area (TPSA) is 40.2 Å². The molecule has 3 rings (SSSR count). The summed E-state index contributed by atoms with van der Waals surface area (Å²) in [6, 6.07) is 4.74. The van der Waals surface area contributed by atoms with Crippen LogP contribution in [0.15, 0.2) is 46.9 Å². The molecular formula is C20H29N3. The Balaban J connectivity index is 1.71. The molecule has 3 nitrogen and oxygen atoms in total. The minimum Gasteiger partial charge on any atom is -0.386 e. The Morgan fingerprint density at radius 3 is 2.57 bits per heavy atom. The number of aromatic amines is 1. The lowest BCUT2D eigenvalue weighted by Gasteiger charge is -2.19. The van der Waals surface area contributed by atoms with E-state index in [9.17, 15) is 0 Å². The molecule has 1 aromatic heterocycles. The first-order valence-electron chi connectivity index (χ1n) is 9.14. The largest absolute Gasteiger partial charge is 0.386 e. The van der Waals surface area contributed by atoms with E-state index in [1.165, 1.54) is 50.5 Å². The number of allylic oxidation sites excluding steroid dienone is 2. The van der Waals surface area contributed by atoms with E-state index in [0.717, 1.165) is 17.1 Å². The molecule has 1 aromatic rings. The summed E-state index contributed by atoms with van der Waals surface area (Å²) in [5.74, 6) is 0.476. The van der Waals surface area contributed by atoms with Gasteiger partial charge in [0.25, 0.3) is 0 Å². The fourth-order valence-corrected chi connectivity index (χ4v) is 3.49. The number of aliphatic imine (C=N–C) groups is 1. The maximum absolute atomic E-state index is 4.85. The smallest absolute Gasteiger partial charge is 0.0907 e. The number of H-pyrrole nitrogens is 1. The number of nitrogens with zero attached hydrogens (tertiary/aromatic N) is 1. The van der Waals surface area contributed by atoms with Crippen LogP contribution in [0.2, 0.25) is 0 Å². The summed E-state index contributed by atoms with van der Waals surface area (Å²) in [6.45, 7) is 4.46. The molecule has 2 N–H and O–H groups in total. The third-order valence-electron chi connectivity index (χ3n) is 4.86. The molecule has 0 atom stereocenters. The van der Waals surface area contributed by atoms with Crippen molar-refractivity contribution in [2.24, 2.45) is 10.9 Å². The second kappa shape index (κ2) is 7.67. The molecule has 0 spiro atoms. The zero-order valence-electron chi connectivity index (χ0n) is 14.4. The number of nitrogens with one attached hydrogen (secondary N) is 2. The van der Waals surface area contributed by atoms with Crippen LogP contribution < -0.4 is 5.32 Å². The third kappa shape index (κ3) is 4.15. The van der Waals surface area contributed by atoms with Crippen LogP contribution >= 0.6 is 0 Å². The summed E-state index contributed by atoms with van der Waals surface area (Å²) < 4.78 is 0. The van der Waals surface area contributed by atoms with Gasteiger partial charge in [0, 0.05) is 18.4 Å². The van der Waals surface area contributed by atoms with Crippen LogP contribution in [-0.2, 0) is 0 Å². The van der Waals surface area contributed by atoms with Gasteiger partial charge in [-0.1, -0.05) is 46.0 Å². The van der Waals surface area contributed by atoms with Crippen LogP contribution in [0.4, 0.5) is 0 Å². The Morgan fingerprint density at radius 2 is 1.91 bits per heavy atom. The van der Waals surface area contributed by atoms with Gasteiger partial charge in [-0.15, -0.1) is 0 Å². The zero-order chi connectivity index (χ0) is 16.1. The summed E-state index contributed by atoms with van der Waals surface area (Å²) in [7, 11) is 0. The van der Waals surface area contributed by atoms with E-state index in [0.29, 0.717) is 12.0 Å². The second-order valence-electron chi connectivity index (χ2n) is 7.08. The average molecular weight is 311 g/mol. The fraction of sp³-hybridized carbons (Fsp3) is 0.550. The van der Waals surface area contributed by atoms with Gasteiger partial charge < -0.3 is 10.3 Å². The highest BCUT2D eigenvalue weighted by atomic mass is 14.9. The lowest BCUT2D eigenvalue weighted by Crippen LogP contribution is -2.25. The highest BCUT2D eigenvalue weighted by Gasteiger charge is 2.20. The van der Waals surface area contributed by atoms with E-state index in [1.54, 1.807) is 0 Å². The van der Waals surface area contributed by atoms with Gasteiger partial charge in [0.2, 0.25) is 0 Å². The molecular weight excluding hydrogens is 282 g/mol. The van der Waals surface area contributed by atoms with Gasteiger partial charge in [-0.25, -0.2) is 4.99 Å². The Hall–Kier alpha value is -1.77. The second-order valence-corrected chi connectivity index (χ2v) is 7.08. The van der Waals surface area contributed by atoms with E-state index < -0.39 is 0 Å². The molecule has 2 aliphatic rings. The van der Waals surface area contributed by atoms with Crippen molar-refractivity contribution in [3.8, 4) is 0 Å². The molecule has 0 bridgehead atoms. The van der Waals surface area contributed by atoms with Gasteiger partial charge in [0.15, 0.2) is 0 Å². The van der Waals surface area contributed by atoms with Crippen molar-refractivity contribution in [3.05, 3.63) is 47.6 Å². The van der Waals surface area contributed by atoms with E-state index in [-0.39, 0.29) is 0 Å². The summed E-state index contributed by atoms with van der Waals surface area (Å²) in [6.07, 6.45) is 15.8. The van der Waals surface area contributed by atoms with Crippen molar-refractivity contribution in [2.75, 3.05) is 0 Å². The van der Waals surface area contributed by atoms with Crippen molar-refractivity contribution in [2.45, 2.75) is 64.8 Å². The Kier molecular flexibility index (Phi) is 5.37. The van der Waals surface area contributed by atoms with Crippen LogP contribution in [0.25, 0.3) is 0 Å². The standard InChI is InChI=1S/C20H29N3/c1-15(2)18-13-17(23-20(18)19-11-8-12-21-19)14-22-16-9-6-4-3-5-7-10-16/h8,11-16,21-22H,3-7,9-10H2,1-2H3/b17-14+. The Morgan fingerprint density at radius 1 is 1.17 bits per heavy atom. The van der Waals surface area contributed by atoms with Crippen LogP contribution in [0.3, 0.4) is 0 Å². The van der Waals surface area contributed by atoms with Crippen LogP contribution in [0, 0.1) is 5.92 Å². The highest BCUT2D eigenvalue weighted by Crippen LogP contribution is 2.26. The summed E-state index contributed by atoms with van der Waals surface area (Å²) in [4.78, 5) is 8.14. The number of hydrogen-bond acceptors (Lipinski definition) is 2. The molecule has 0 saturated heterocycles. The zero-order valence-corrected chi connectivity index (χ0v) is 14.4. The molecule has 3 heteroatoms. The maximum Gasteiger partial charge on any atom is 0.0907 e. The van der Waals surface area contributed by atoms with E-state index in [2.05, 4.69) is 42.5 Å². The van der Waals surface area contributed by atoms with E-state index in [4.69, 9.17) is 4.99 Å². The Bertz CT molecular complexity index is 582. The molecule has 0 unspecified atom stereocenters. The lowest BCUT2D eigenvalue weighted by atomic mass is 9.97. The van der Waals surface area contributed by atoms with Crippen LogP contribution in [0.1, 0.15) is 64.5 Å². The monoisotopic (exact) mass is 311 g/mol. The minimum absolute atomic E-state index is 0.476. The molecule has 0 amide bonds. The van der Waals surface area contributed by atoms with Crippen molar-refractivity contribution in [1.29, 1.82) is 0 Å². The first-order valence-corrected chi connectivity index (χ1v) is 9.14. The summed E-state index contributed by atoms with van der Waals surface area (Å²) in [5, 5.41) is 3.63. The molecule has 23 heavy (non-hydrogen) atoms. The first kappa shape index (κ1) is 16.1. The average Bonchev–Trinajstić information content (AvgIpc) is 3.15. The van der Waals surface area contributed by atoms with Gasteiger partial charge >= 0.3 is 0 Å².